The fourth-order valence-electron chi connectivity index (χ4n) is 4.74. The molecule has 0 spiro atoms. The van der Waals surface area contributed by atoms with Gasteiger partial charge < -0.3 is 0 Å². The maximum Gasteiger partial charge on any atom is -0.0168 e. The Labute approximate surface area is 129 Å². The maximum absolute atomic E-state index is 2.54. The van der Waals surface area contributed by atoms with Crippen molar-refractivity contribution in [3.8, 4) is 0 Å². The third-order valence-electron chi connectivity index (χ3n) is 6.19. The fraction of sp³-hybridized carbons (Fsp3) is 1.00. The number of rotatable bonds is 3. The van der Waals surface area contributed by atoms with Gasteiger partial charge in [-0.3, -0.25) is 0 Å². The average molecular weight is 312 g/mol. The van der Waals surface area contributed by atoms with Crippen LogP contribution in [-0.4, -0.2) is 23.6 Å². The predicted molar refractivity (Wildman–Crippen MR) is 95.6 cm³/mol. The van der Waals surface area contributed by atoms with Crippen molar-refractivity contribution < 1.29 is 0 Å². The highest BCUT2D eigenvalue weighted by Gasteiger charge is 2.40. The zero-order valence-electron chi connectivity index (χ0n) is 13.7. The second kappa shape index (κ2) is 7.42. The third kappa shape index (κ3) is 3.60. The van der Waals surface area contributed by atoms with E-state index in [0.717, 1.165) is 11.8 Å². The van der Waals surface area contributed by atoms with E-state index in [1.807, 2.05) is 0 Å². The van der Waals surface area contributed by atoms with Crippen LogP contribution < -0.4 is 0 Å². The van der Waals surface area contributed by atoms with E-state index in [0.29, 0.717) is 15.2 Å². The van der Waals surface area contributed by atoms with E-state index in [1.165, 1.54) is 24.2 Å². The summed E-state index contributed by atoms with van der Waals surface area (Å²) >= 11 is 0. The van der Waals surface area contributed by atoms with Crippen LogP contribution in [0.15, 0.2) is 0 Å². The molecule has 116 valence electrons. The quantitative estimate of drug-likeness (QED) is 0.502. The van der Waals surface area contributed by atoms with Crippen molar-refractivity contribution in [2.45, 2.75) is 89.4 Å². The molecule has 2 aliphatic carbocycles. The van der Waals surface area contributed by atoms with Crippen molar-refractivity contribution in [3.05, 3.63) is 0 Å². The molecule has 0 radical (unpaired) electrons. The van der Waals surface area contributed by atoms with Gasteiger partial charge in [0.15, 0.2) is 0 Å². The largest absolute Gasteiger partial charge is 0.0799 e. The Hall–Kier alpha value is 0.860. The van der Waals surface area contributed by atoms with Gasteiger partial charge in [-0.1, -0.05) is 67.6 Å². The SMILES string of the molecule is CC1CP(P(C2CCCCC2)C2CCCCC2)CC1C. The average Bonchev–Trinajstić information content (AvgIpc) is 2.81. The van der Waals surface area contributed by atoms with E-state index >= 15 is 0 Å². The topological polar surface area (TPSA) is 0 Å². The molecule has 2 unspecified atom stereocenters. The first kappa shape index (κ1) is 15.7. The van der Waals surface area contributed by atoms with Crippen LogP contribution in [0.25, 0.3) is 0 Å². The minimum absolute atomic E-state index is 0.413. The van der Waals surface area contributed by atoms with Crippen molar-refractivity contribution in [1.29, 1.82) is 0 Å². The van der Waals surface area contributed by atoms with Crippen LogP contribution in [0.1, 0.15) is 78.1 Å². The van der Waals surface area contributed by atoms with Crippen LogP contribution >= 0.6 is 15.2 Å². The normalized spacial score (nSPS) is 37.6. The molecule has 2 heteroatoms. The first-order valence-electron chi connectivity index (χ1n) is 9.29. The second-order valence-corrected chi connectivity index (χ2v) is 14.8. The molecule has 1 aliphatic heterocycles. The molecule has 0 nitrogen and oxygen atoms in total. The van der Waals surface area contributed by atoms with E-state index < -0.39 is 0 Å². The van der Waals surface area contributed by atoms with Gasteiger partial charge in [-0.05, 0) is 61.2 Å². The van der Waals surface area contributed by atoms with Crippen molar-refractivity contribution in [2.75, 3.05) is 12.3 Å². The minimum atomic E-state index is 0.413. The summed E-state index contributed by atoms with van der Waals surface area (Å²) in [5.74, 6) is 2.08. The number of hydrogen-bond donors (Lipinski definition) is 0. The van der Waals surface area contributed by atoms with E-state index in [4.69, 9.17) is 0 Å². The summed E-state index contributed by atoms with van der Waals surface area (Å²) in [7, 11) is 0.845. The van der Waals surface area contributed by atoms with E-state index in [2.05, 4.69) is 13.8 Å². The summed E-state index contributed by atoms with van der Waals surface area (Å²) in [6.07, 6.45) is 19.1. The monoisotopic (exact) mass is 312 g/mol. The lowest BCUT2D eigenvalue weighted by Gasteiger charge is -2.42. The Kier molecular flexibility index (Phi) is 5.84. The summed E-state index contributed by atoms with van der Waals surface area (Å²) in [6.45, 7) is 5.09. The van der Waals surface area contributed by atoms with Gasteiger partial charge in [0.25, 0.3) is 0 Å². The molecule has 3 aliphatic rings. The molecule has 0 amide bonds. The first-order chi connectivity index (χ1) is 9.75. The highest BCUT2D eigenvalue weighted by molar-refractivity contribution is 8.30. The number of hydrogen-bond acceptors (Lipinski definition) is 0. The first-order valence-corrected chi connectivity index (χ1v) is 13.2. The maximum atomic E-state index is 2.54. The predicted octanol–water partition coefficient (Wildman–Crippen LogP) is 6.82. The van der Waals surface area contributed by atoms with E-state index in [1.54, 1.807) is 63.7 Å². The van der Waals surface area contributed by atoms with E-state index in [9.17, 15) is 0 Å². The molecule has 2 atom stereocenters. The van der Waals surface area contributed by atoms with Gasteiger partial charge in [-0.25, -0.2) is 0 Å². The summed E-state index contributed by atoms with van der Waals surface area (Å²) in [4.78, 5) is 0. The van der Waals surface area contributed by atoms with Gasteiger partial charge in [0.05, 0.1) is 0 Å². The molecular weight excluding hydrogens is 278 g/mol. The Morgan fingerprint density at radius 3 is 1.45 bits per heavy atom. The van der Waals surface area contributed by atoms with Gasteiger partial charge in [-0.15, -0.1) is 0 Å². The van der Waals surface area contributed by atoms with Crippen LogP contribution in [-0.2, 0) is 0 Å². The Balaban J connectivity index is 1.71. The molecule has 3 fully saturated rings. The lowest BCUT2D eigenvalue weighted by Crippen LogP contribution is -2.20. The van der Waals surface area contributed by atoms with Gasteiger partial charge in [0, 0.05) is 0 Å². The summed E-state index contributed by atoms with van der Waals surface area (Å²) < 4.78 is 0. The Morgan fingerprint density at radius 1 is 0.650 bits per heavy atom. The highest BCUT2D eigenvalue weighted by Crippen LogP contribution is 2.80. The smallest absolute Gasteiger partial charge is 0.0168 e. The van der Waals surface area contributed by atoms with Crippen LogP contribution in [0.4, 0.5) is 0 Å². The van der Waals surface area contributed by atoms with Crippen LogP contribution in [0.3, 0.4) is 0 Å². The summed E-state index contributed by atoms with van der Waals surface area (Å²) in [5.41, 5.74) is 2.40. The summed E-state index contributed by atoms with van der Waals surface area (Å²) in [5, 5.41) is 0. The molecule has 3 rings (SSSR count). The Bertz CT molecular complexity index is 264. The van der Waals surface area contributed by atoms with Crippen molar-refractivity contribution in [2.24, 2.45) is 11.8 Å². The molecule has 2 saturated carbocycles. The van der Waals surface area contributed by atoms with Crippen molar-refractivity contribution >= 4 is 15.2 Å². The third-order valence-corrected chi connectivity index (χ3v) is 16.3. The van der Waals surface area contributed by atoms with E-state index in [-0.39, 0.29) is 0 Å². The molecule has 0 aromatic carbocycles. The minimum Gasteiger partial charge on any atom is -0.0799 e. The molecule has 0 aromatic rings. The molecule has 1 saturated heterocycles. The molecule has 20 heavy (non-hydrogen) atoms. The van der Waals surface area contributed by atoms with Gasteiger partial charge >= 0.3 is 0 Å². The fourth-order valence-corrected chi connectivity index (χ4v) is 17.5. The molecule has 0 bridgehead atoms. The van der Waals surface area contributed by atoms with Crippen LogP contribution in [0.2, 0.25) is 0 Å². The van der Waals surface area contributed by atoms with Gasteiger partial charge in [0.1, 0.15) is 0 Å². The van der Waals surface area contributed by atoms with Crippen molar-refractivity contribution in [1.82, 2.24) is 0 Å². The zero-order valence-corrected chi connectivity index (χ0v) is 15.5. The zero-order chi connectivity index (χ0) is 13.9. The summed E-state index contributed by atoms with van der Waals surface area (Å²) in [6, 6.07) is 0. The van der Waals surface area contributed by atoms with Gasteiger partial charge in [-0.2, -0.15) is 0 Å². The molecular formula is C18H34P2. The molecule has 1 heterocycles. The second-order valence-electron chi connectivity index (χ2n) is 7.79. The molecule has 0 aromatic heterocycles. The van der Waals surface area contributed by atoms with Crippen molar-refractivity contribution in [3.63, 3.8) is 0 Å². The van der Waals surface area contributed by atoms with Crippen LogP contribution in [0.5, 0.6) is 0 Å². The lowest BCUT2D eigenvalue weighted by molar-refractivity contribution is 0.488. The molecule has 0 N–H and O–H groups in total. The van der Waals surface area contributed by atoms with Crippen LogP contribution in [0, 0.1) is 11.8 Å². The highest BCUT2D eigenvalue weighted by atomic mass is 32.1. The van der Waals surface area contributed by atoms with Gasteiger partial charge in [0.2, 0.25) is 0 Å². The lowest BCUT2D eigenvalue weighted by atomic mass is 10.00. The standard InChI is InChI=1S/C18H34P2/c1-15-13-19(14-16(15)2)20(17-9-5-3-6-10-17)18-11-7-4-8-12-18/h15-18H,3-14H2,1-2H3. The Morgan fingerprint density at radius 2 is 1.05 bits per heavy atom.